The molecule has 0 unspecified atom stereocenters. The predicted octanol–water partition coefficient (Wildman–Crippen LogP) is 5.00. The predicted molar refractivity (Wildman–Crippen MR) is 163 cm³/mol. The average molecular weight is 628 g/mol. The molecular weight excluding hydrogens is 595 g/mol. The number of halogens is 4. The molecule has 232 valence electrons. The summed E-state index contributed by atoms with van der Waals surface area (Å²) in [5, 5.41) is 2.69. The van der Waals surface area contributed by atoms with Crippen LogP contribution in [0.4, 0.5) is 19.0 Å². The number of hydrogen-bond acceptors (Lipinski definition) is 6. The molecule has 1 aliphatic carbocycles. The minimum atomic E-state index is -4.77. The maximum absolute atomic E-state index is 13.8. The number of benzene rings is 1. The van der Waals surface area contributed by atoms with Gasteiger partial charge in [-0.2, -0.15) is 13.2 Å². The van der Waals surface area contributed by atoms with Crippen molar-refractivity contribution in [2.45, 2.75) is 44.4 Å². The summed E-state index contributed by atoms with van der Waals surface area (Å²) in [6.07, 6.45) is 0.429. The maximum Gasteiger partial charge on any atom is 0.434 e. The molecule has 2 aliphatic rings. The molecule has 1 aromatic carbocycles. The van der Waals surface area contributed by atoms with Crippen LogP contribution in [0, 0.1) is 5.92 Å². The van der Waals surface area contributed by atoms with Crippen molar-refractivity contribution in [3.63, 3.8) is 0 Å². The van der Waals surface area contributed by atoms with E-state index in [9.17, 15) is 22.8 Å². The van der Waals surface area contributed by atoms with Gasteiger partial charge in [0.15, 0.2) is 5.69 Å². The number of amides is 1. The molecule has 0 bridgehead atoms. The highest BCUT2D eigenvalue weighted by molar-refractivity contribution is 6.30. The van der Waals surface area contributed by atoms with Crippen molar-refractivity contribution in [3.05, 3.63) is 81.6 Å². The van der Waals surface area contributed by atoms with Crippen LogP contribution < -0.4 is 15.9 Å². The van der Waals surface area contributed by atoms with Crippen LogP contribution in [0.25, 0.3) is 16.7 Å². The van der Waals surface area contributed by atoms with Gasteiger partial charge in [-0.05, 0) is 69.0 Å². The molecule has 1 saturated carbocycles. The quantitative estimate of drug-likeness (QED) is 0.324. The zero-order valence-electron chi connectivity index (χ0n) is 24.2. The largest absolute Gasteiger partial charge is 0.434 e. The molecule has 3 aromatic heterocycles. The Balaban J connectivity index is 1.15. The number of imidazole rings is 1. The van der Waals surface area contributed by atoms with Gasteiger partial charge in [0, 0.05) is 45.0 Å². The van der Waals surface area contributed by atoms with Gasteiger partial charge in [0.2, 0.25) is 0 Å². The number of alkyl halides is 3. The van der Waals surface area contributed by atoms with E-state index in [4.69, 9.17) is 11.6 Å². The minimum absolute atomic E-state index is 0.0433. The highest BCUT2D eigenvalue weighted by Crippen LogP contribution is 2.32. The number of para-hydroxylation sites is 2. The Kier molecular flexibility index (Phi) is 8.38. The summed E-state index contributed by atoms with van der Waals surface area (Å²) in [6.45, 7) is 4.25. The zero-order chi connectivity index (χ0) is 31.0. The lowest BCUT2D eigenvalue weighted by Gasteiger charge is -2.33. The van der Waals surface area contributed by atoms with Crippen LogP contribution in [-0.4, -0.2) is 69.2 Å². The second-order valence-corrected chi connectivity index (χ2v) is 12.1. The first kappa shape index (κ1) is 30.1. The summed E-state index contributed by atoms with van der Waals surface area (Å²) in [6, 6.07) is 12.3. The van der Waals surface area contributed by atoms with Gasteiger partial charge in [-0.3, -0.25) is 13.9 Å². The number of likely N-dealkylation sites (N-methyl/N-ethyl adjacent to an activating group) is 1. The summed E-state index contributed by atoms with van der Waals surface area (Å²) in [7, 11) is 2.11. The lowest BCUT2D eigenvalue weighted by atomic mass is 9.85. The molecule has 1 amide bonds. The lowest BCUT2D eigenvalue weighted by Crippen LogP contribution is -2.44. The third-order valence-corrected chi connectivity index (χ3v) is 8.85. The highest BCUT2D eigenvalue weighted by Gasteiger charge is 2.38. The van der Waals surface area contributed by atoms with Crippen molar-refractivity contribution in [2.75, 3.05) is 38.1 Å². The SMILES string of the molecule is CN1CCN(c2ccc(-n3c(=O)n(CC4CCC(NC(=O)c5cc(Cl)cnc5C(F)(F)F)CC4)c4ccccc43)cn2)CC1. The smallest absolute Gasteiger partial charge is 0.354 e. The molecule has 44 heavy (non-hydrogen) atoms. The van der Waals surface area contributed by atoms with E-state index in [-0.39, 0.29) is 22.7 Å². The van der Waals surface area contributed by atoms with Crippen molar-refractivity contribution >= 4 is 34.4 Å². The number of hydrogen-bond donors (Lipinski definition) is 1. The van der Waals surface area contributed by atoms with Gasteiger partial charge in [0.25, 0.3) is 5.91 Å². The topological polar surface area (TPSA) is 88.3 Å². The van der Waals surface area contributed by atoms with Crippen LogP contribution in [0.2, 0.25) is 5.02 Å². The Morgan fingerprint density at radius 3 is 2.34 bits per heavy atom. The molecule has 0 spiro atoms. The van der Waals surface area contributed by atoms with Crippen LogP contribution in [0.3, 0.4) is 0 Å². The van der Waals surface area contributed by atoms with Crippen molar-refractivity contribution in [2.24, 2.45) is 5.92 Å². The standard InChI is InChI=1S/C31H33ClF3N7O2/c1-39-12-14-40(15-13-39)27-11-10-23(18-36-27)42-26-5-3-2-4-25(26)41(30(42)44)19-20-6-8-22(9-7-20)38-29(43)24-16-21(32)17-37-28(24)31(33,34)35/h2-5,10-11,16-18,20,22H,6-9,12-15,19H2,1H3,(H,38,43). The monoisotopic (exact) mass is 627 g/mol. The molecule has 0 radical (unpaired) electrons. The molecule has 0 atom stereocenters. The molecule has 4 heterocycles. The zero-order valence-corrected chi connectivity index (χ0v) is 25.0. The maximum atomic E-state index is 13.8. The summed E-state index contributed by atoms with van der Waals surface area (Å²) < 4.78 is 43.7. The van der Waals surface area contributed by atoms with Crippen molar-refractivity contribution in [1.29, 1.82) is 0 Å². The van der Waals surface area contributed by atoms with Gasteiger partial charge in [-0.1, -0.05) is 23.7 Å². The van der Waals surface area contributed by atoms with E-state index in [2.05, 4.69) is 32.1 Å². The Morgan fingerprint density at radius 2 is 1.68 bits per heavy atom. The number of carbonyl (C=O) groups is 1. The Labute approximate surface area is 257 Å². The lowest BCUT2D eigenvalue weighted by molar-refractivity contribution is -0.141. The second kappa shape index (κ2) is 12.2. The number of piperazine rings is 1. The first-order chi connectivity index (χ1) is 21.1. The number of nitrogens with zero attached hydrogens (tertiary/aromatic N) is 6. The van der Waals surface area contributed by atoms with Gasteiger partial charge < -0.3 is 15.1 Å². The Hall–Kier alpha value is -3.90. The summed E-state index contributed by atoms with van der Waals surface area (Å²) in [5.74, 6) is 0.211. The molecular formula is C31H33ClF3N7O2. The fraction of sp³-hybridized carbons (Fsp3) is 0.419. The van der Waals surface area contributed by atoms with E-state index in [1.807, 2.05) is 36.4 Å². The van der Waals surface area contributed by atoms with E-state index in [1.54, 1.807) is 15.3 Å². The van der Waals surface area contributed by atoms with Gasteiger partial charge in [0.05, 0.1) is 33.5 Å². The van der Waals surface area contributed by atoms with Crippen molar-refractivity contribution in [1.82, 2.24) is 29.3 Å². The Bertz CT molecular complexity index is 1700. The summed E-state index contributed by atoms with van der Waals surface area (Å²) in [4.78, 5) is 39.2. The highest BCUT2D eigenvalue weighted by atomic mass is 35.5. The van der Waals surface area contributed by atoms with Gasteiger partial charge in [-0.25, -0.2) is 14.8 Å². The van der Waals surface area contributed by atoms with Crippen LogP contribution in [0.15, 0.2) is 59.7 Å². The molecule has 13 heteroatoms. The van der Waals surface area contributed by atoms with Gasteiger partial charge in [-0.15, -0.1) is 0 Å². The number of carbonyl (C=O) groups excluding carboxylic acids is 1. The molecule has 6 rings (SSSR count). The molecule has 1 saturated heterocycles. The summed E-state index contributed by atoms with van der Waals surface area (Å²) in [5.41, 5.74) is 0.324. The van der Waals surface area contributed by atoms with Crippen molar-refractivity contribution < 1.29 is 18.0 Å². The van der Waals surface area contributed by atoms with Gasteiger partial charge in [0.1, 0.15) is 5.82 Å². The number of anilines is 1. The minimum Gasteiger partial charge on any atom is -0.354 e. The fourth-order valence-corrected chi connectivity index (χ4v) is 6.37. The summed E-state index contributed by atoms with van der Waals surface area (Å²) >= 11 is 5.84. The van der Waals surface area contributed by atoms with E-state index >= 15 is 0 Å². The second-order valence-electron chi connectivity index (χ2n) is 11.6. The molecule has 4 aromatic rings. The van der Waals surface area contributed by atoms with Crippen LogP contribution in [0.5, 0.6) is 0 Å². The normalized spacial score (nSPS) is 19.8. The number of rotatable bonds is 6. The number of nitrogens with one attached hydrogen (secondary N) is 1. The first-order valence-corrected chi connectivity index (χ1v) is 15.1. The van der Waals surface area contributed by atoms with Crippen LogP contribution >= 0.6 is 11.6 Å². The Morgan fingerprint density at radius 1 is 0.977 bits per heavy atom. The average Bonchev–Trinajstić information content (AvgIpc) is 3.28. The fourth-order valence-electron chi connectivity index (χ4n) is 6.22. The van der Waals surface area contributed by atoms with E-state index in [1.165, 1.54) is 0 Å². The number of aromatic nitrogens is 4. The van der Waals surface area contributed by atoms with Crippen molar-refractivity contribution in [3.8, 4) is 5.69 Å². The van der Waals surface area contributed by atoms with E-state index in [0.29, 0.717) is 37.9 Å². The third kappa shape index (κ3) is 6.18. The van der Waals surface area contributed by atoms with Crippen LogP contribution in [0.1, 0.15) is 41.7 Å². The van der Waals surface area contributed by atoms with Gasteiger partial charge >= 0.3 is 11.9 Å². The van der Waals surface area contributed by atoms with E-state index in [0.717, 1.165) is 55.3 Å². The molecule has 1 N–H and O–H groups in total. The first-order valence-electron chi connectivity index (χ1n) is 14.7. The van der Waals surface area contributed by atoms with E-state index < -0.39 is 23.3 Å². The van der Waals surface area contributed by atoms with Crippen LogP contribution in [-0.2, 0) is 12.7 Å². The third-order valence-electron chi connectivity index (χ3n) is 8.64. The number of pyridine rings is 2. The molecule has 9 nitrogen and oxygen atoms in total. The number of fused-ring (bicyclic) bond motifs is 1. The molecule has 2 fully saturated rings. The molecule has 1 aliphatic heterocycles.